The molecule has 0 spiro atoms. The molecule has 17 heavy (non-hydrogen) atoms. The van der Waals surface area contributed by atoms with E-state index >= 15 is 0 Å². The highest BCUT2D eigenvalue weighted by Crippen LogP contribution is 2.38. The topological polar surface area (TPSA) is 17.1 Å². The minimum Gasteiger partial charge on any atom is -0.300 e. The van der Waals surface area contributed by atoms with Gasteiger partial charge in [-0.1, -0.05) is 45.0 Å². The molecule has 0 radical (unpaired) electrons. The molecule has 0 saturated heterocycles. The first-order valence-electron chi connectivity index (χ1n) is 6.59. The molecule has 92 valence electrons. The number of benzene rings is 1. The monoisotopic (exact) mass is 230 g/mol. The average molecular weight is 230 g/mol. The summed E-state index contributed by atoms with van der Waals surface area (Å²) in [7, 11) is 0. The van der Waals surface area contributed by atoms with Crippen LogP contribution in [0.25, 0.3) is 0 Å². The van der Waals surface area contributed by atoms with Gasteiger partial charge in [-0.05, 0) is 35.3 Å². The zero-order valence-corrected chi connectivity index (χ0v) is 11.1. The Morgan fingerprint density at radius 1 is 1.24 bits per heavy atom. The standard InChI is InChI=1S/C16H22O/c1-12(2)14-6-4-13(5-7-14)10-16(3)9-8-15(17)11-16/h4-7,12H,8-11H2,1-3H3. The molecule has 1 heteroatoms. The molecule has 1 aromatic carbocycles. The highest BCUT2D eigenvalue weighted by Gasteiger charge is 2.33. The second-order valence-corrected chi connectivity index (χ2v) is 6.10. The third-order valence-corrected chi connectivity index (χ3v) is 3.91. The summed E-state index contributed by atoms with van der Waals surface area (Å²) < 4.78 is 0. The van der Waals surface area contributed by atoms with E-state index in [-0.39, 0.29) is 5.41 Å². The largest absolute Gasteiger partial charge is 0.300 e. The molecule has 1 aliphatic carbocycles. The summed E-state index contributed by atoms with van der Waals surface area (Å²) in [5, 5.41) is 0. The van der Waals surface area contributed by atoms with Gasteiger partial charge in [0, 0.05) is 12.8 Å². The van der Waals surface area contributed by atoms with E-state index in [9.17, 15) is 4.79 Å². The summed E-state index contributed by atoms with van der Waals surface area (Å²) in [6, 6.07) is 8.90. The van der Waals surface area contributed by atoms with Crippen molar-refractivity contribution in [2.45, 2.75) is 52.4 Å². The molecule has 1 atom stereocenters. The van der Waals surface area contributed by atoms with Crippen molar-refractivity contribution in [1.82, 2.24) is 0 Å². The highest BCUT2D eigenvalue weighted by molar-refractivity contribution is 5.81. The van der Waals surface area contributed by atoms with Crippen LogP contribution in [0.1, 0.15) is 57.1 Å². The highest BCUT2D eigenvalue weighted by atomic mass is 16.1. The van der Waals surface area contributed by atoms with Gasteiger partial charge in [0.05, 0.1) is 0 Å². The lowest BCUT2D eigenvalue weighted by Gasteiger charge is -2.22. The van der Waals surface area contributed by atoms with Crippen molar-refractivity contribution in [2.75, 3.05) is 0 Å². The average Bonchev–Trinajstić information content (AvgIpc) is 2.59. The predicted octanol–water partition coefficient (Wildman–Crippen LogP) is 4.11. The summed E-state index contributed by atoms with van der Waals surface area (Å²) in [5.74, 6) is 1.03. The SMILES string of the molecule is CC(C)c1ccc(CC2(C)CCC(=O)C2)cc1. The van der Waals surface area contributed by atoms with Crippen molar-refractivity contribution in [3.05, 3.63) is 35.4 Å². The van der Waals surface area contributed by atoms with Crippen LogP contribution in [0.3, 0.4) is 0 Å². The van der Waals surface area contributed by atoms with E-state index in [0.29, 0.717) is 11.7 Å². The molecule has 0 amide bonds. The van der Waals surface area contributed by atoms with Gasteiger partial charge in [0.15, 0.2) is 0 Å². The molecule has 1 nitrogen and oxygen atoms in total. The number of carbonyl (C=O) groups excluding carboxylic acids is 1. The van der Waals surface area contributed by atoms with Crippen LogP contribution in [0.15, 0.2) is 24.3 Å². The summed E-state index contributed by atoms with van der Waals surface area (Å²) in [4.78, 5) is 11.4. The van der Waals surface area contributed by atoms with Crippen LogP contribution >= 0.6 is 0 Å². The lowest BCUT2D eigenvalue weighted by atomic mass is 9.82. The van der Waals surface area contributed by atoms with Crippen LogP contribution in [0, 0.1) is 5.41 Å². The Kier molecular flexibility index (Phi) is 3.37. The minimum absolute atomic E-state index is 0.205. The van der Waals surface area contributed by atoms with Crippen molar-refractivity contribution in [3.8, 4) is 0 Å². The van der Waals surface area contributed by atoms with Crippen LogP contribution in [-0.4, -0.2) is 5.78 Å². The van der Waals surface area contributed by atoms with Crippen molar-refractivity contribution >= 4 is 5.78 Å². The second kappa shape index (κ2) is 4.64. The molecular weight excluding hydrogens is 208 g/mol. The molecule has 0 N–H and O–H groups in total. The lowest BCUT2D eigenvalue weighted by molar-refractivity contribution is -0.117. The molecule has 2 rings (SSSR count). The number of carbonyl (C=O) groups is 1. The van der Waals surface area contributed by atoms with E-state index in [2.05, 4.69) is 45.0 Å². The Morgan fingerprint density at radius 3 is 2.35 bits per heavy atom. The molecule has 0 bridgehead atoms. The van der Waals surface area contributed by atoms with Gasteiger partial charge >= 0.3 is 0 Å². The van der Waals surface area contributed by atoms with Crippen LogP contribution in [0.5, 0.6) is 0 Å². The fourth-order valence-corrected chi connectivity index (χ4v) is 2.76. The van der Waals surface area contributed by atoms with Crippen molar-refractivity contribution < 1.29 is 4.79 Å². The summed E-state index contributed by atoms with van der Waals surface area (Å²) >= 11 is 0. The van der Waals surface area contributed by atoms with Crippen molar-refractivity contribution in [3.63, 3.8) is 0 Å². The molecule has 0 aromatic heterocycles. The first kappa shape index (κ1) is 12.3. The van der Waals surface area contributed by atoms with Gasteiger partial charge in [0.2, 0.25) is 0 Å². The Morgan fingerprint density at radius 2 is 1.88 bits per heavy atom. The molecule has 1 saturated carbocycles. The normalized spacial score (nSPS) is 24.6. The Balaban J connectivity index is 2.06. The van der Waals surface area contributed by atoms with E-state index in [0.717, 1.165) is 25.7 Å². The Hall–Kier alpha value is -1.11. The molecule has 1 fully saturated rings. The number of rotatable bonds is 3. The first-order valence-corrected chi connectivity index (χ1v) is 6.59. The maximum atomic E-state index is 11.4. The van der Waals surface area contributed by atoms with Crippen LogP contribution in [0.2, 0.25) is 0 Å². The van der Waals surface area contributed by atoms with Crippen LogP contribution in [0.4, 0.5) is 0 Å². The molecular formula is C16H22O. The van der Waals surface area contributed by atoms with E-state index < -0.39 is 0 Å². The summed E-state index contributed by atoms with van der Waals surface area (Å²) in [6.07, 6.45) is 3.63. The maximum absolute atomic E-state index is 11.4. The fraction of sp³-hybridized carbons (Fsp3) is 0.562. The fourth-order valence-electron chi connectivity index (χ4n) is 2.76. The van der Waals surface area contributed by atoms with E-state index in [4.69, 9.17) is 0 Å². The zero-order valence-electron chi connectivity index (χ0n) is 11.1. The summed E-state index contributed by atoms with van der Waals surface area (Å²) in [5.41, 5.74) is 2.96. The Labute approximate surface area is 104 Å². The van der Waals surface area contributed by atoms with Gasteiger partial charge in [0.1, 0.15) is 5.78 Å². The zero-order chi connectivity index (χ0) is 12.5. The van der Waals surface area contributed by atoms with Gasteiger partial charge in [0.25, 0.3) is 0 Å². The second-order valence-electron chi connectivity index (χ2n) is 6.10. The number of hydrogen-bond donors (Lipinski definition) is 0. The lowest BCUT2D eigenvalue weighted by Crippen LogP contribution is -2.15. The molecule has 1 unspecified atom stereocenters. The van der Waals surface area contributed by atoms with Gasteiger partial charge < -0.3 is 0 Å². The van der Waals surface area contributed by atoms with Crippen LogP contribution < -0.4 is 0 Å². The summed E-state index contributed by atoms with van der Waals surface area (Å²) in [6.45, 7) is 6.67. The predicted molar refractivity (Wildman–Crippen MR) is 71.2 cm³/mol. The molecule has 1 aliphatic rings. The maximum Gasteiger partial charge on any atom is 0.133 e. The number of hydrogen-bond acceptors (Lipinski definition) is 1. The van der Waals surface area contributed by atoms with Gasteiger partial charge in [-0.3, -0.25) is 4.79 Å². The minimum atomic E-state index is 0.205. The molecule has 0 aliphatic heterocycles. The number of Topliss-reactive ketones (excluding diaryl/α,β-unsaturated/α-hetero) is 1. The van der Waals surface area contributed by atoms with E-state index in [1.807, 2.05) is 0 Å². The smallest absolute Gasteiger partial charge is 0.133 e. The Bertz CT molecular complexity index is 402. The van der Waals surface area contributed by atoms with Gasteiger partial charge in [-0.2, -0.15) is 0 Å². The quantitative estimate of drug-likeness (QED) is 0.763. The third-order valence-electron chi connectivity index (χ3n) is 3.91. The van der Waals surface area contributed by atoms with Crippen LogP contribution in [-0.2, 0) is 11.2 Å². The molecule has 1 aromatic rings. The van der Waals surface area contributed by atoms with Crippen molar-refractivity contribution in [1.29, 1.82) is 0 Å². The van der Waals surface area contributed by atoms with Gasteiger partial charge in [-0.15, -0.1) is 0 Å². The van der Waals surface area contributed by atoms with E-state index in [1.54, 1.807) is 0 Å². The number of ketones is 1. The van der Waals surface area contributed by atoms with E-state index in [1.165, 1.54) is 11.1 Å². The molecule has 0 heterocycles. The van der Waals surface area contributed by atoms with Gasteiger partial charge in [-0.25, -0.2) is 0 Å². The third kappa shape index (κ3) is 2.96. The first-order chi connectivity index (χ1) is 7.98. The van der Waals surface area contributed by atoms with Crippen molar-refractivity contribution in [2.24, 2.45) is 5.41 Å².